The Kier molecular flexibility index (Phi) is 3.45. The molecule has 8 heteroatoms. The fourth-order valence-electron chi connectivity index (χ4n) is 1.65. The summed E-state index contributed by atoms with van der Waals surface area (Å²) < 4.78 is 1.04. The number of hydrogen-bond donors (Lipinski definition) is 2. The van der Waals surface area contributed by atoms with Gasteiger partial charge in [0.15, 0.2) is 0 Å². The first kappa shape index (κ1) is 12.5. The molecule has 0 saturated carbocycles. The van der Waals surface area contributed by atoms with Gasteiger partial charge in [0.05, 0.1) is 11.3 Å². The molecule has 2 unspecified atom stereocenters. The van der Waals surface area contributed by atoms with Crippen LogP contribution in [0.5, 0.6) is 0 Å². The second-order valence-electron chi connectivity index (χ2n) is 3.42. The molecule has 4 nitrogen and oxygen atoms in total. The van der Waals surface area contributed by atoms with E-state index in [4.69, 9.17) is 0 Å². The molecule has 0 aliphatic carbocycles. The highest BCUT2D eigenvalue weighted by Gasteiger charge is 2.44. The lowest BCUT2D eigenvalue weighted by Gasteiger charge is -2.26. The molecule has 2 atom stereocenters. The number of amides is 1. The third-order valence-corrected chi connectivity index (χ3v) is 6.52. The van der Waals surface area contributed by atoms with Crippen molar-refractivity contribution < 1.29 is 14.6 Å². The fourth-order valence-corrected chi connectivity index (χ4v) is 5.98. The summed E-state index contributed by atoms with van der Waals surface area (Å²) in [6.45, 7) is -1.88. The first-order valence-electron chi connectivity index (χ1n) is 4.50. The lowest BCUT2D eigenvalue weighted by atomic mass is 10.2. The Morgan fingerprint density at radius 2 is 2.25 bits per heavy atom. The molecule has 0 spiro atoms. The summed E-state index contributed by atoms with van der Waals surface area (Å²) in [6.07, 6.45) is 0. The summed E-state index contributed by atoms with van der Waals surface area (Å²) in [5.74, 6) is 0. The maximum atomic E-state index is 11.7. The first-order chi connectivity index (χ1) is 7.41. The maximum absolute atomic E-state index is 11.7. The lowest BCUT2D eigenvalue weighted by molar-refractivity contribution is 0.234. The Labute approximate surface area is 107 Å². The summed E-state index contributed by atoms with van der Waals surface area (Å²) in [4.78, 5) is 31.6. The zero-order valence-corrected chi connectivity index (χ0v) is 11.7. The van der Waals surface area contributed by atoms with Crippen LogP contribution in [-0.2, 0) is 11.8 Å². The molecule has 88 valence electrons. The van der Waals surface area contributed by atoms with Crippen molar-refractivity contribution >= 4 is 46.8 Å². The normalized spacial score (nSPS) is 26.4. The molecule has 1 aliphatic heterocycles. The van der Waals surface area contributed by atoms with Crippen molar-refractivity contribution in [3.63, 3.8) is 0 Å². The van der Waals surface area contributed by atoms with E-state index in [0.717, 1.165) is 21.3 Å². The van der Waals surface area contributed by atoms with Crippen LogP contribution in [0.15, 0.2) is 17.5 Å². The van der Waals surface area contributed by atoms with Gasteiger partial charge in [0.2, 0.25) is 0 Å². The molecular formula is C8H10NO3PS3. The van der Waals surface area contributed by atoms with Crippen LogP contribution >= 0.6 is 29.7 Å². The second kappa shape index (κ2) is 4.40. The van der Waals surface area contributed by atoms with Gasteiger partial charge in [-0.1, -0.05) is 17.8 Å². The van der Waals surface area contributed by atoms with Gasteiger partial charge < -0.3 is 9.79 Å². The highest BCUT2D eigenvalue weighted by molar-refractivity contribution is 8.16. The molecule has 1 aromatic heterocycles. The summed E-state index contributed by atoms with van der Waals surface area (Å²) in [5, 5.41) is 1.53. The average molecular weight is 295 g/mol. The molecular weight excluding hydrogens is 285 g/mol. The standard InChI is InChI=1S/C8H10NO3PS3/c1-5-7(6-3-2-4-15-6)16-8(10)9(5)13(11,12)14/h2-5,7H,1H3,(H2,11,12,14). The third-order valence-electron chi connectivity index (χ3n) is 2.34. The van der Waals surface area contributed by atoms with E-state index in [1.54, 1.807) is 18.3 Å². The van der Waals surface area contributed by atoms with Crippen LogP contribution in [0.3, 0.4) is 0 Å². The molecule has 2 rings (SSSR count). The van der Waals surface area contributed by atoms with Gasteiger partial charge in [-0.3, -0.25) is 9.46 Å². The van der Waals surface area contributed by atoms with Crippen molar-refractivity contribution in [2.24, 2.45) is 0 Å². The summed E-state index contributed by atoms with van der Waals surface area (Å²) in [5.41, 5.74) is 0. The van der Waals surface area contributed by atoms with Gasteiger partial charge in [-0.15, -0.1) is 11.3 Å². The summed E-state index contributed by atoms with van der Waals surface area (Å²) in [6, 6.07) is 3.57. The van der Waals surface area contributed by atoms with Crippen molar-refractivity contribution in [1.29, 1.82) is 0 Å². The number of carbonyl (C=O) groups excluding carboxylic acids is 1. The molecule has 1 aromatic rings. The van der Waals surface area contributed by atoms with Crippen molar-refractivity contribution in [2.45, 2.75) is 18.2 Å². The Balaban J connectivity index is 2.30. The van der Waals surface area contributed by atoms with Crippen LogP contribution in [-0.4, -0.2) is 25.7 Å². The third kappa shape index (κ3) is 2.20. The van der Waals surface area contributed by atoms with E-state index in [2.05, 4.69) is 11.8 Å². The number of hydrogen-bond acceptors (Lipinski definition) is 4. The van der Waals surface area contributed by atoms with E-state index < -0.39 is 6.64 Å². The molecule has 1 aliphatic rings. The SMILES string of the molecule is CC1C(c2cccs2)SC(=O)N1P(O)(O)=S. The predicted molar refractivity (Wildman–Crippen MR) is 70.1 cm³/mol. The lowest BCUT2D eigenvalue weighted by Crippen LogP contribution is -2.28. The minimum atomic E-state index is -3.66. The van der Waals surface area contributed by atoms with Gasteiger partial charge in [-0.05, 0) is 30.2 Å². The Morgan fingerprint density at radius 1 is 1.56 bits per heavy atom. The van der Waals surface area contributed by atoms with E-state index >= 15 is 0 Å². The van der Waals surface area contributed by atoms with Gasteiger partial charge in [0.1, 0.15) is 0 Å². The molecule has 0 aromatic carbocycles. The van der Waals surface area contributed by atoms with Crippen LogP contribution in [0.25, 0.3) is 0 Å². The van der Waals surface area contributed by atoms with Crippen molar-refractivity contribution in [2.75, 3.05) is 0 Å². The number of thioether (sulfide) groups is 1. The molecule has 2 N–H and O–H groups in total. The molecule has 0 bridgehead atoms. The molecule has 16 heavy (non-hydrogen) atoms. The molecule has 1 amide bonds. The van der Waals surface area contributed by atoms with Gasteiger partial charge in [0.25, 0.3) is 11.9 Å². The van der Waals surface area contributed by atoms with Gasteiger partial charge in [-0.2, -0.15) is 0 Å². The molecule has 2 heterocycles. The van der Waals surface area contributed by atoms with Crippen LogP contribution in [0.1, 0.15) is 17.1 Å². The largest absolute Gasteiger partial charge is 0.329 e. The zero-order chi connectivity index (χ0) is 11.9. The summed E-state index contributed by atoms with van der Waals surface area (Å²) in [7, 11) is 0. The van der Waals surface area contributed by atoms with Crippen LogP contribution in [0, 0.1) is 0 Å². The van der Waals surface area contributed by atoms with Gasteiger partial charge >= 0.3 is 0 Å². The molecule has 1 saturated heterocycles. The minimum Gasteiger partial charge on any atom is -0.329 e. The fraction of sp³-hybridized carbons (Fsp3) is 0.375. The van der Waals surface area contributed by atoms with Crippen LogP contribution in [0.4, 0.5) is 4.79 Å². The van der Waals surface area contributed by atoms with Crippen molar-refractivity contribution in [3.8, 4) is 0 Å². The monoisotopic (exact) mass is 295 g/mol. The van der Waals surface area contributed by atoms with Crippen LogP contribution in [0.2, 0.25) is 0 Å². The number of thiophene rings is 1. The summed E-state index contributed by atoms with van der Waals surface area (Å²) >= 11 is 7.26. The van der Waals surface area contributed by atoms with E-state index in [1.807, 2.05) is 17.5 Å². The van der Waals surface area contributed by atoms with Gasteiger partial charge in [0, 0.05) is 4.88 Å². The Hall–Kier alpha value is 0.0900. The number of carbonyl (C=O) groups is 1. The smallest absolute Gasteiger partial charge is 0.289 e. The highest BCUT2D eigenvalue weighted by Crippen LogP contribution is 2.55. The topological polar surface area (TPSA) is 60.8 Å². The zero-order valence-electron chi connectivity index (χ0n) is 8.31. The first-order valence-corrected chi connectivity index (χ1v) is 8.92. The number of nitrogens with zero attached hydrogens (tertiary/aromatic N) is 1. The van der Waals surface area contributed by atoms with E-state index in [1.165, 1.54) is 0 Å². The Morgan fingerprint density at radius 3 is 2.69 bits per heavy atom. The second-order valence-corrected chi connectivity index (χ2v) is 8.42. The van der Waals surface area contributed by atoms with Crippen molar-refractivity contribution in [1.82, 2.24) is 4.67 Å². The van der Waals surface area contributed by atoms with E-state index in [-0.39, 0.29) is 16.5 Å². The highest BCUT2D eigenvalue weighted by atomic mass is 32.5. The molecule has 1 fully saturated rings. The van der Waals surface area contributed by atoms with E-state index in [9.17, 15) is 14.6 Å². The molecule has 0 radical (unpaired) electrons. The minimum absolute atomic E-state index is 0.0610. The predicted octanol–water partition coefficient (Wildman–Crippen LogP) is 2.56. The average Bonchev–Trinajstić information content (AvgIpc) is 2.71. The van der Waals surface area contributed by atoms with Gasteiger partial charge in [-0.25, -0.2) is 0 Å². The maximum Gasteiger partial charge on any atom is 0.289 e. The quantitative estimate of drug-likeness (QED) is 0.821. The van der Waals surface area contributed by atoms with Crippen LogP contribution < -0.4 is 0 Å². The number of rotatable bonds is 2. The van der Waals surface area contributed by atoms with Crippen molar-refractivity contribution in [3.05, 3.63) is 22.4 Å². The van der Waals surface area contributed by atoms with E-state index in [0.29, 0.717) is 0 Å². The Bertz CT molecular complexity index is 443.